The summed E-state index contributed by atoms with van der Waals surface area (Å²) in [6.07, 6.45) is 6.40. The Morgan fingerprint density at radius 2 is 2.06 bits per heavy atom. The van der Waals surface area contributed by atoms with Gasteiger partial charge in [0.2, 0.25) is 0 Å². The van der Waals surface area contributed by atoms with Gasteiger partial charge in [-0.1, -0.05) is 19.8 Å². The molecular formula is C13H27NO2. The van der Waals surface area contributed by atoms with Crippen molar-refractivity contribution in [1.82, 2.24) is 5.32 Å². The van der Waals surface area contributed by atoms with Crippen molar-refractivity contribution in [1.29, 1.82) is 0 Å². The molecule has 0 spiro atoms. The Hall–Kier alpha value is -0.120. The molecule has 0 heterocycles. The molecule has 0 aromatic carbocycles. The molecule has 2 N–H and O–H groups in total. The average molecular weight is 229 g/mol. The maximum atomic E-state index is 10.0. The zero-order valence-electron chi connectivity index (χ0n) is 10.8. The van der Waals surface area contributed by atoms with E-state index in [1.807, 2.05) is 6.92 Å². The first-order valence-corrected chi connectivity index (χ1v) is 6.65. The Kier molecular flexibility index (Phi) is 6.32. The lowest BCUT2D eigenvalue weighted by Crippen LogP contribution is -2.42. The molecule has 1 saturated carbocycles. The SMILES string of the molecule is CCCNCC(C)(O)COCC1CCCC1. The molecule has 1 aliphatic carbocycles. The minimum Gasteiger partial charge on any atom is -0.386 e. The zero-order valence-corrected chi connectivity index (χ0v) is 10.8. The van der Waals surface area contributed by atoms with Gasteiger partial charge in [-0.15, -0.1) is 0 Å². The second kappa shape index (κ2) is 7.25. The molecule has 1 aliphatic rings. The highest BCUT2D eigenvalue weighted by molar-refractivity contribution is 4.75. The first-order chi connectivity index (χ1) is 7.64. The molecule has 1 fully saturated rings. The molecule has 1 rings (SSSR count). The van der Waals surface area contributed by atoms with Crippen molar-refractivity contribution in [2.45, 2.75) is 51.6 Å². The second-order valence-corrected chi connectivity index (χ2v) is 5.34. The third-order valence-electron chi connectivity index (χ3n) is 3.17. The van der Waals surface area contributed by atoms with Crippen LogP contribution in [-0.2, 0) is 4.74 Å². The minimum atomic E-state index is -0.728. The maximum absolute atomic E-state index is 10.0. The van der Waals surface area contributed by atoms with E-state index in [4.69, 9.17) is 4.74 Å². The molecule has 0 bridgehead atoms. The van der Waals surface area contributed by atoms with E-state index >= 15 is 0 Å². The molecule has 3 nitrogen and oxygen atoms in total. The molecule has 96 valence electrons. The summed E-state index contributed by atoms with van der Waals surface area (Å²) >= 11 is 0. The fraction of sp³-hybridized carbons (Fsp3) is 1.00. The van der Waals surface area contributed by atoms with Gasteiger partial charge in [0.25, 0.3) is 0 Å². The Balaban J connectivity index is 2.04. The third kappa shape index (κ3) is 5.83. The lowest BCUT2D eigenvalue weighted by molar-refractivity contribution is -0.0403. The van der Waals surface area contributed by atoms with Crippen LogP contribution in [0.5, 0.6) is 0 Å². The van der Waals surface area contributed by atoms with Crippen molar-refractivity contribution in [3.8, 4) is 0 Å². The Morgan fingerprint density at radius 3 is 2.69 bits per heavy atom. The van der Waals surface area contributed by atoms with Gasteiger partial charge in [0.05, 0.1) is 12.2 Å². The van der Waals surface area contributed by atoms with Crippen molar-refractivity contribution in [3.05, 3.63) is 0 Å². The van der Waals surface area contributed by atoms with E-state index in [0.717, 1.165) is 25.5 Å². The van der Waals surface area contributed by atoms with E-state index in [9.17, 15) is 5.11 Å². The van der Waals surface area contributed by atoms with Gasteiger partial charge in [-0.2, -0.15) is 0 Å². The van der Waals surface area contributed by atoms with Gasteiger partial charge in [-0.05, 0) is 38.6 Å². The Bertz CT molecular complexity index is 177. The highest BCUT2D eigenvalue weighted by atomic mass is 16.5. The molecule has 0 aliphatic heterocycles. The molecule has 0 aromatic rings. The van der Waals surface area contributed by atoms with Crippen LogP contribution in [0.15, 0.2) is 0 Å². The van der Waals surface area contributed by atoms with Crippen LogP contribution in [-0.4, -0.2) is 37.0 Å². The smallest absolute Gasteiger partial charge is 0.0975 e. The van der Waals surface area contributed by atoms with Crippen LogP contribution in [0.2, 0.25) is 0 Å². The van der Waals surface area contributed by atoms with E-state index in [1.54, 1.807) is 0 Å². The summed E-state index contributed by atoms with van der Waals surface area (Å²) in [6.45, 7) is 6.80. The van der Waals surface area contributed by atoms with Crippen molar-refractivity contribution < 1.29 is 9.84 Å². The highest BCUT2D eigenvalue weighted by Gasteiger charge is 2.21. The summed E-state index contributed by atoms with van der Waals surface area (Å²) in [5.74, 6) is 0.736. The van der Waals surface area contributed by atoms with Crippen LogP contribution < -0.4 is 5.32 Å². The monoisotopic (exact) mass is 229 g/mol. The van der Waals surface area contributed by atoms with Gasteiger partial charge in [0, 0.05) is 13.2 Å². The summed E-state index contributed by atoms with van der Waals surface area (Å²) in [7, 11) is 0. The fourth-order valence-corrected chi connectivity index (χ4v) is 2.21. The summed E-state index contributed by atoms with van der Waals surface area (Å²) < 4.78 is 5.62. The molecule has 0 saturated heterocycles. The van der Waals surface area contributed by atoms with Crippen LogP contribution in [0.1, 0.15) is 46.0 Å². The number of nitrogens with one attached hydrogen (secondary N) is 1. The fourth-order valence-electron chi connectivity index (χ4n) is 2.21. The number of ether oxygens (including phenoxy) is 1. The lowest BCUT2D eigenvalue weighted by atomic mass is 10.1. The van der Waals surface area contributed by atoms with E-state index in [-0.39, 0.29) is 0 Å². The van der Waals surface area contributed by atoms with Crippen LogP contribution >= 0.6 is 0 Å². The van der Waals surface area contributed by atoms with Gasteiger partial charge in [0.15, 0.2) is 0 Å². The van der Waals surface area contributed by atoms with E-state index in [1.165, 1.54) is 25.7 Å². The Morgan fingerprint density at radius 1 is 1.38 bits per heavy atom. The topological polar surface area (TPSA) is 41.5 Å². The van der Waals surface area contributed by atoms with E-state index in [2.05, 4.69) is 12.2 Å². The number of hydrogen-bond donors (Lipinski definition) is 2. The van der Waals surface area contributed by atoms with Crippen molar-refractivity contribution >= 4 is 0 Å². The average Bonchev–Trinajstić information content (AvgIpc) is 2.70. The normalized spacial score (nSPS) is 21.2. The van der Waals surface area contributed by atoms with Crippen LogP contribution in [0.4, 0.5) is 0 Å². The second-order valence-electron chi connectivity index (χ2n) is 5.34. The van der Waals surface area contributed by atoms with Crippen molar-refractivity contribution in [2.24, 2.45) is 5.92 Å². The maximum Gasteiger partial charge on any atom is 0.0975 e. The molecule has 16 heavy (non-hydrogen) atoms. The van der Waals surface area contributed by atoms with Gasteiger partial charge in [0.1, 0.15) is 0 Å². The van der Waals surface area contributed by atoms with Crippen LogP contribution in [0, 0.1) is 5.92 Å². The standard InChI is InChI=1S/C13H27NO2/c1-3-8-14-10-13(2,15)11-16-9-12-6-4-5-7-12/h12,14-15H,3-11H2,1-2H3. The largest absolute Gasteiger partial charge is 0.386 e. The van der Waals surface area contributed by atoms with Crippen molar-refractivity contribution in [3.63, 3.8) is 0 Å². The van der Waals surface area contributed by atoms with Gasteiger partial charge >= 0.3 is 0 Å². The molecule has 1 unspecified atom stereocenters. The first kappa shape index (κ1) is 13.9. The number of hydrogen-bond acceptors (Lipinski definition) is 3. The van der Waals surface area contributed by atoms with Crippen LogP contribution in [0.25, 0.3) is 0 Å². The van der Waals surface area contributed by atoms with Crippen molar-refractivity contribution in [2.75, 3.05) is 26.3 Å². The lowest BCUT2D eigenvalue weighted by Gasteiger charge is -2.24. The predicted octanol–water partition coefficient (Wildman–Crippen LogP) is 1.94. The van der Waals surface area contributed by atoms with Gasteiger partial charge < -0.3 is 15.2 Å². The highest BCUT2D eigenvalue weighted by Crippen LogP contribution is 2.24. The first-order valence-electron chi connectivity index (χ1n) is 6.65. The Labute approximate surface area is 99.6 Å². The number of rotatable bonds is 8. The summed E-state index contributed by atoms with van der Waals surface area (Å²) in [4.78, 5) is 0. The predicted molar refractivity (Wildman–Crippen MR) is 66.6 cm³/mol. The molecule has 0 radical (unpaired) electrons. The van der Waals surface area contributed by atoms with E-state index in [0.29, 0.717) is 13.2 Å². The van der Waals surface area contributed by atoms with Gasteiger partial charge in [-0.25, -0.2) is 0 Å². The molecular weight excluding hydrogens is 202 g/mol. The molecule has 3 heteroatoms. The zero-order chi connectivity index (χ0) is 11.9. The molecule has 0 aromatic heterocycles. The van der Waals surface area contributed by atoms with Gasteiger partial charge in [-0.3, -0.25) is 0 Å². The summed E-state index contributed by atoms with van der Waals surface area (Å²) in [5, 5.41) is 13.3. The van der Waals surface area contributed by atoms with Crippen LogP contribution in [0.3, 0.4) is 0 Å². The molecule has 1 atom stereocenters. The minimum absolute atomic E-state index is 0.445. The third-order valence-corrected chi connectivity index (χ3v) is 3.17. The molecule has 0 amide bonds. The summed E-state index contributed by atoms with van der Waals surface area (Å²) in [6, 6.07) is 0. The van der Waals surface area contributed by atoms with E-state index < -0.39 is 5.60 Å². The quantitative estimate of drug-likeness (QED) is 0.625. The number of aliphatic hydroxyl groups is 1. The summed E-state index contributed by atoms with van der Waals surface area (Å²) in [5.41, 5.74) is -0.728.